The molecule has 0 spiro atoms. The number of hydrogen-bond acceptors (Lipinski definition) is 4. The molecular weight excluding hydrogens is 268 g/mol. The zero-order valence-corrected chi connectivity index (χ0v) is 11.9. The molecule has 21 heavy (non-hydrogen) atoms. The predicted octanol–water partition coefficient (Wildman–Crippen LogP) is 2.60. The van der Waals surface area contributed by atoms with Crippen molar-refractivity contribution in [1.82, 2.24) is 0 Å². The fourth-order valence-corrected chi connectivity index (χ4v) is 4.20. The van der Waals surface area contributed by atoms with Gasteiger partial charge in [-0.05, 0) is 42.5 Å². The Labute approximate surface area is 123 Å². The van der Waals surface area contributed by atoms with Crippen LogP contribution in [0.4, 0.5) is 0 Å². The van der Waals surface area contributed by atoms with Crippen molar-refractivity contribution in [2.24, 2.45) is 11.8 Å². The molecule has 1 aliphatic carbocycles. The van der Waals surface area contributed by atoms with Gasteiger partial charge in [0.1, 0.15) is 11.5 Å². The van der Waals surface area contributed by atoms with Gasteiger partial charge in [-0.3, -0.25) is 4.79 Å². The number of ketones is 1. The molecule has 1 aromatic carbocycles. The van der Waals surface area contributed by atoms with Crippen LogP contribution in [0, 0.1) is 11.8 Å². The van der Waals surface area contributed by atoms with Gasteiger partial charge in [-0.1, -0.05) is 13.0 Å². The van der Waals surface area contributed by atoms with E-state index >= 15 is 0 Å². The average Bonchev–Trinajstić information content (AvgIpc) is 3.14. The molecule has 0 aromatic heterocycles. The number of aryl methyl sites for hydroxylation is 1. The van der Waals surface area contributed by atoms with E-state index in [0.717, 1.165) is 24.0 Å². The molecule has 0 saturated carbocycles. The Bertz CT molecular complexity index is 661. The van der Waals surface area contributed by atoms with Gasteiger partial charge in [-0.15, -0.1) is 0 Å². The number of Topliss-reactive ketones (excluding diaryl/α,β-unsaturated/α-hetero) is 1. The molecule has 3 aliphatic rings. The standard InChI is InChI=1S/C17H18O4/c1-2-8-7-9(18)3-4-10(8)13-16(19)14-11-5-6-12(21-11)15(14)17(13)20/h3-4,7,11-12,14-15,18-19H,2,5-6H2,1H3. The van der Waals surface area contributed by atoms with E-state index in [-0.39, 0.29) is 41.3 Å². The smallest absolute Gasteiger partial charge is 0.173 e. The third kappa shape index (κ3) is 1.62. The summed E-state index contributed by atoms with van der Waals surface area (Å²) in [5.74, 6) is 0.00873. The zero-order valence-electron chi connectivity index (χ0n) is 11.9. The van der Waals surface area contributed by atoms with Crippen molar-refractivity contribution < 1.29 is 19.7 Å². The van der Waals surface area contributed by atoms with Crippen molar-refractivity contribution >= 4 is 11.4 Å². The molecule has 4 rings (SSSR count). The lowest BCUT2D eigenvalue weighted by Gasteiger charge is -2.19. The first-order chi connectivity index (χ1) is 10.1. The second kappa shape index (κ2) is 4.34. The topological polar surface area (TPSA) is 66.8 Å². The second-order valence-corrected chi connectivity index (χ2v) is 6.16. The van der Waals surface area contributed by atoms with Crippen molar-refractivity contribution in [2.45, 2.75) is 38.4 Å². The number of benzene rings is 1. The number of carbonyl (C=O) groups excluding carboxylic acids is 1. The van der Waals surface area contributed by atoms with Gasteiger partial charge < -0.3 is 14.9 Å². The summed E-state index contributed by atoms with van der Waals surface area (Å²) < 4.78 is 5.78. The van der Waals surface area contributed by atoms with Gasteiger partial charge >= 0.3 is 0 Å². The van der Waals surface area contributed by atoms with Crippen molar-refractivity contribution in [1.29, 1.82) is 0 Å². The lowest BCUT2D eigenvalue weighted by atomic mass is 9.80. The molecule has 2 heterocycles. The van der Waals surface area contributed by atoms with Gasteiger partial charge in [0.25, 0.3) is 0 Å². The summed E-state index contributed by atoms with van der Waals surface area (Å²) in [7, 11) is 0. The molecule has 4 atom stereocenters. The Morgan fingerprint density at radius 2 is 1.90 bits per heavy atom. The first-order valence-corrected chi connectivity index (χ1v) is 7.57. The maximum Gasteiger partial charge on any atom is 0.173 e. The van der Waals surface area contributed by atoms with Crippen molar-refractivity contribution in [2.75, 3.05) is 0 Å². The normalized spacial score (nSPS) is 33.9. The highest BCUT2D eigenvalue weighted by atomic mass is 16.5. The molecule has 1 aromatic rings. The molecule has 0 radical (unpaired) electrons. The lowest BCUT2D eigenvalue weighted by molar-refractivity contribution is -0.118. The molecular formula is C17H18O4. The summed E-state index contributed by atoms with van der Waals surface area (Å²) >= 11 is 0. The molecule has 2 N–H and O–H groups in total. The number of phenols is 1. The van der Waals surface area contributed by atoms with Crippen LogP contribution in [-0.2, 0) is 16.0 Å². The van der Waals surface area contributed by atoms with Crippen LogP contribution in [0.25, 0.3) is 5.57 Å². The Hall–Kier alpha value is -1.81. The van der Waals surface area contributed by atoms with Crippen molar-refractivity contribution in [3.05, 3.63) is 35.1 Å². The molecule has 4 unspecified atom stereocenters. The fraction of sp³-hybridized carbons (Fsp3) is 0.471. The number of phenolic OH excluding ortho intramolecular Hbond substituents is 1. The predicted molar refractivity (Wildman–Crippen MR) is 76.9 cm³/mol. The Kier molecular flexibility index (Phi) is 2.67. The van der Waals surface area contributed by atoms with E-state index in [2.05, 4.69) is 0 Å². The van der Waals surface area contributed by atoms with E-state index in [9.17, 15) is 15.0 Å². The maximum atomic E-state index is 12.8. The highest BCUT2D eigenvalue weighted by Gasteiger charge is 2.59. The third-order valence-electron chi connectivity index (χ3n) is 5.13. The van der Waals surface area contributed by atoms with Gasteiger partial charge in [-0.25, -0.2) is 0 Å². The highest BCUT2D eigenvalue weighted by Crippen LogP contribution is 2.53. The van der Waals surface area contributed by atoms with Crippen LogP contribution in [-0.4, -0.2) is 28.2 Å². The number of aliphatic hydroxyl groups is 1. The minimum absolute atomic E-state index is 0.00471. The Morgan fingerprint density at radius 1 is 1.19 bits per heavy atom. The van der Waals surface area contributed by atoms with Gasteiger partial charge in [0, 0.05) is 0 Å². The SMILES string of the molecule is CCc1cc(O)ccc1C1=C(O)C2C3CCC(O3)C2C1=O. The van der Waals surface area contributed by atoms with Gasteiger partial charge in [0.15, 0.2) is 5.78 Å². The summed E-state index contributed by atoms with van der Waals surface area (Å²) in [6.45, 7) is 1.98. The molecule has 110 valence electrons. The first kappa shape index (κ1) is 12.9. The summed E-state index contributed by atoms with van der Waals surface area (Å²) in [5.41, 5.74) is 2.09. The van der Waals surface area contributed by atoms with Crippen LogP contribution >= 0.6 is 0 Å². The monoisotopic (exact) mass is 286 g/mol. The van der Waals surface area contributed by atoms with Crippen LogP contribution in [0.1, 0.15) is 30.9 Å². The van der Waals surface area contributed by atoms with Crippen molar-refractivity contribution in [3.63, 3.8) is 0 Å². The Balaban J connectivity index is 1.84. The highest BCUT2D eigenvalue weighted by molar-refractivity contribution is 6.25. The summed E-state index contributed by atoms with van der Waals surface area (Å²) in [5, 5.41) is 20.2. The summed E-state index contributed by atoms with van der Waals surface area (Å²) in [6.07, 6.45) is 2.49. The molecule has 4 nitrogen and oxygen atoms in total. The van der Waals surface area contributed by atoms with E-state index in [1.165, 1.54) is 0 Å². The number of hydrogen-bond donors (Lipinski definition) is 2. The van der Waals surface area contributed by atoms with Gasteiger partial charge in [0.05, 0.1) is 29.6 Å². The third-order valence-corrected chi connectivity index (χ3v) is 5.13. The van der Waals surface area contributed by atoms with E-state index < -0.39 is 0 Å². The van der Waals surface area contributed by atoms with E-state index in [0.29, 0.717) is 12.0 Å². The van der Waals surface area contributed by atoms with Gasteiger partial charge in [-0.2, -0.15) is 0 Å². The van der Waals surface area contributed by atoms with E-state index in [1.54, 1.807) is 18.2 Å². The second-order valence-electron chi connectivity index (χ2n) is 6.16. The largest absolute Gasteiger partial charge is 0.511 e. The molecule has 2 fully saturated rings. The molecule has 4 heteroatoms. The lowest BCUT2D eigenvalue weighted by Crippen LogP contribution is -2.29. The number of carbonyl (C=O) groups is 1. The summed E-state index contributed by atoms with van der Waals surface area (Å²) in [4.78, 5) is 12.8. The number of allylic oxidation sites excluding steroid dienone is 1. The van der Waals surface area contributed by atoms with Gasteiger partial charge in [0.2, 0.25) is 0 Å². The van der Waals surface area contributed by atoms with Crippen molar-refractivity contribution in [3.8, 4) is 5.75 Å². The number of ether oxygens (including phenoxy) is 1. The molecule has 0 amide bonds. The average molecular weight is 286 g/mol. The van der Waals surface area contributed by atoms with Crippen LogP contribution in [0.15, 0.2) is 24.0 Å². The molecule has 2 bridgehead atoms. The fourth-order valence-electron chi connectivity index (χ4n) is 4.20. The number of rotatable bonds is 2. The van der Waals surface area contributed by atoms with Crippen LogP contribution in [0.2, 0.25) is 0 Å². The first-order valence-electron chi connectivity index (χ1n) is 7.57. The van der Waals surface area contributed by atoms with E-state index in [1.807, 2.05) is 6.92 Å². The van der Waals surface area contributed by atoms with Crippen LogP contribution < -0.4 is 0 Å². The molecule has 2 saturated heterocycles. The van der Waals surface area contributed by atoms with Crippen LogP contribution in [0.3, 0.4) is 0 Å². The number of aromatic hydroxyl groups is 1. The maximum absolute atomic E-state index is 12.8. The minimum Gasteiger partial charge on any atom is -0.511 e. The van der Waals surface area contributed by atoms with Crippen LogP contribution in [0.5, 0.6) is 5.75 Å². The summed E-state index contributed by atoms with van der Waals surface area (Å²) in [6, 6.07) is 4.98. The molecule has 2 aliphatic heterocycles. The number of aliphatic hydroxyl groups excluding tert-OH is 1. The quantitative estimate of drug-likeness (QED) is 0.877. The minimum atomic E-state index is -0.211. The Morgan fingerprint density at radius 3 is 2.57 bits per heavy atom. The zero-order chi connectivity index (χ0) is 14.7. The van der Waals surface area contributed by atoms with E-state index in [4.69, 9.17) is 4.74 Å². The number of fused-ring (bicyclic) bond motifs is 5.